The van der Waals surface area contributed by atoms with Crippen LogP contribution in [0.15, 0.2) is 48.5 Å². The van der Waals surface area contributed by atoms with Gasteiger partial charge in [0.2, 0.25) is 0 Å². The van der Waals surface area contributed by atoms with E-state index in [2.05, 4.69) is 5.32 Å². The number of carbonyl (C=O) groups is 2. The Morgan fingerprint density at radius 2 is 1.96 bits per heavy atom. The molecule has 1 N–H and O–H groups in total. The average molecular weight is 323 g/mol. The van der Waals surface area contributed by atoms with Crippen LogP contribution in [0.5, 0.6) is 0 Å². The van der Waals surface area contributed by atoms with Gasteiger partial charge >= 0.3 is 12.1 Å². The van der Waals surface area contributed by atoms with Crippen LogP contribution in [0.1, 0.15) is 39.9 Å². The molecular weight excluding hydrogens is 306 g/mol. The van der Waals surface area contributed by atoms with Gasteiger partial charge in [0.15, 0.2) is 0 Å². The lowest BCUT2D eigenvalue weighted by Crippen LogP contribution is -2.35. The number of hydrogen-bond acceptors (Lipinski definition) is 4. The highest BCUT2D eigenvalue weighted by Gasteiger charge is 2.46. The third-order valence-electron chi connectivity index (χ3n) is 4.55. The van der Waals surface area contributed by atoms with Crippen LogP contribution in [-0.2, 0) is 28.2 Å². The predicted molar refractivity (Wildman–Crippen MR) is 86.2 cm³/mol. The van der Waals surface area contributed by atoms with E-state index in [-0.39, 0.29) is 12.6 Å². The Hall–Kier alpha value is -2.82. The van der Waals surface area contributed by atoms with E-state index < -0.39 is 11.6 Å². The lowest BCUT2D eigenvalue weighted by Gasteiger charge is -2.18. The van der Waals surface area contributed by atoms with Gasteiger partial charge in [0.25, 0.3) is 0 Å². The second kappa shape index (κ2) is 5.67. The van der Waals surface area contributed by atoms with Crippen LogP contribution in [0.25, 0.3) is 0 Å². The maximum atomic E-state index is 12.1. The maximum absolute atomic E-state index is 12.1. The monoisotopic (exact) mass is 323 g/mol. The lowest BCUT2D eigenvalue weighted by atomic mass is 9.99. The molecule has 5 heteroatoms. The Bertz CT molecular complexity index is 796. The van der Waals surface area contributed by atoms with Crippen LogP contribution in [0.4, 0.5) is 4.79 Å². The van der Waals surface area contributed by atoms with E-state index in [0.29, 0.717) is 12.2 Å². The standard InChI is InChI=1S/C19H17NO4/c21-17-16-10-15(7-6-14(16)12-23-17)19(8-9-19)20-18(22)24-11-13-4-2-1-3-5-13/h1-7,10H,8-9,11-12H2,(H,20,22). The molecule has 0 saturated heterocycles. The zero-order valence-corrected chi connectivity index (χ0v) is 13.1. The Labute approximate surface area is 139 Å². The molecular formula is C19H17NO4. The van der Waals surface area contributed by atoms with Crippen LogP contribution in [-0.4, -0.2) is 12.1 Å². The van der Waals surface area contributed by atoms with Crippen molar-refractivity contribution in [3.63, 3.8) is 0 Å². The van der Waals surface area contributed by atoms with Gasteiger partial charge in [0.1, 0.15) is 13.2 Å². The summed E-state index contributed by atoms with van der Waals surface area (Å²) in [6, 6.07) is 15.2. The number of ether oxygens (including phenoxy) is 2. The summed E-state index contributed by atoms with van der Waals surface area (Å²) in [5, 5.41) is 2.95. The molecule has 0 radical (unpaired) electrons. The van der Waals surface area contributed by atoms with Crippen molar-refractivity contribution >= 4 is 12.1 Å². The second-order valence-electron chi connectivity index (χ2n) is 6.22. The number of alkyl carbamates (subject to hydrolysis) is 1. The summed E-state index contributed by atoms with van der Waals surface area (Å²) in [5.74, 6) is -0.297. The molecule has 24 heavy (non-hydrogen) atoms. The molecule has 4 rings (SSSR count). The smallest absolute Gasteiger partial charge is 0.408 e. The number of fused-ring (bicyclic) bond motifs is 1. The second-order valence-corrected chi connectivity index (χ2v) is 6.22. The topological polar surface area (TPSA) is 64.6 Å². The fourth-order valence-electron chi connectivity index (χ4n) is 2.98. The van der Waals surface area contributed by atoms with E-state index in [9.17, 15) is 9.59 Å². The number of amides is 1. The zero-order chi connectivity index (χ0) is 16.6. The van der Waals surface area contributed by atoms with Crippen molar-refractivity contribution in [3.8, 4) is 0 Å². The van der Waals surface area contributed by atoms with Crippen molar-refractivity contribution in [1.82, 2.24) is 5.32 Å². The van der Waals surface area contributed by atoms with Gasteiger partial charge in [-0.05, 0) is 30.0 Å². The molecule has 1 saturated carbocycles. The van der Waals surface area contributed by atoms with E-state index in [0.717, 1.165) is 29.5 Å². The van der Waals surface area contributed by atoms with Gasteiger partial charge in [0, 0.05) is 5.56 Å². The van der Waals surface area contributed by atoms with Crippen molar-refractivity contribution in [1.29, 1.82) is 0 Å². The summed E-state index contributed by atoms with van der Waals surface area (Å²) in [6.45, 7) is 0.563. The molecule has 2 aromatic carbocycles. The fourth-order valence-corrected chi connectivity index (χ4v) is 2.98. The molecule has 122 valence electrons. The number of hydrogen-bond donors (Lipinski definition) is 1. The van der Waals surface area contributed by atoms with Crippen molar-refractivity contribution in [2.24, 2.45) is 0 Å². The molecule has 2 aromatic rings. The normalized spacial score (nSPS) is 16.9. The molecule has 0 bridgehead atoms. The van der Waals surface area contributed by atoms with Crippen LogP contribution in [0.2, 0.25) is 0 Å². The van der Waals surface area contributed by atoms with Crippen molar-refractivity contribution < 1.29 is 19.1 Å². The highest BCUT2D eigenvalue weighted by Crippen LogP contribution is 2.46. The highest BCUT2D eigenvalue weighted by atomic mass is 16.5. The predicted octanol–water partition coefficient (Wildman–Crippen LogP) is 3.27. The fraction of sp³-hybridized carbons (Fsp3) is 0.263. The molecule has 1 aliphatic carbocycles. The van der Waals surface area contributed by atoms with Crippen LogP contribution < -0.4 is 5.32 Å². The number of carbonyl (C=O) groups excluding carboxylic acids is 2. The Balaban J connectivity index is 1.43. The van der Waals surface area contributed by atoms with Crippen LogP contribution >= 0.6 is 0 Å². The van der Waals surface area contributed by atoms with E-state index in [1.165, 1.54) is 0 Å². The molecule has 0 unspecified atom stereocenters. The van der Waals surface area contributed by atoms with E-state index in [1.807, 2.05) is 48.5 Å². The number of esters is 1. The van der Waals surface area contributed by atoms with Gasteiger partial charge in [-0.3, -0.25) is 0 Å². The Kier molecular flexibility index (Phi) is 3.49. The quantitative estimate of drug-likeness (QED) is 0.877. The third-order valence-corrected chi connectivity index (χ3v) is 4.55. The summed E-state index contributed by atoms with van der Waals surface area (Å²) in [4.78, 5) is 23.8. The first-order valence-corrected chi connectivity index (χ1v) is 7.96. The molecule has 0 aromatic heterocycles. The molecule has 1 amide bonds. The third kappa shape index (κ3) is 2.73. The molecule has 0 spiro atoms. The van der Waals surface area contributed by atoms with Gasteiger partial charge in [-0.15, -0.1) is 0 Å². The first kappa shape index (κ1) is 14.8. The minimum Gasteiger partial charge on any atom is -0.457 e. The number of rotatable bonds is 4. The van der Waals surface area contributed by atoms with Gasteiger partial charge in [-0.1, -0.05) is 42.5 Å². The maximum Gasteiger partial charge on any atom is 0.408 e. The van der Waals surface area contributed by atoms with E-state index in [1.54, 1.807) is 0 Å². The Morgan fingerprint density at radius 3 is 2.71 bits per heavy atom. The largest absolute Gasteiger partial charge is 0.457 e. The zero-order valence-electron chi connectivity index (χ0n) is 13.1. The van der Waals surface area contributed by atoms with Crippen LogP contribution in [0.3, 0.4) is 0 Å². The van der Waals surface area contributed by atoms with Crippen molar-refractivity contribution in [2.75, 3.05) is 0 Å². The summed E-state index contributed by atoms with van der Waals surface area (Å²) < 4.78 is 10.3. The first-order valence-electron chi connectivity index (χ1n) is 7.96. The molecule has 1 heterocycles. The number of benzene rings is 2. The van der Waals surface area contributed by atoms with E-state index >= 15 is 0 Å². The van der Waals surface area contributed by atoms with Crippen molar-refractivity contribution in [3.05, 3.63) is 70.8 Å². The summed E-state index contributed by atoms with van der Waals surface area (Å²) >= 11 is 0. The van der Waals surface area contributed by atoms with E-state index in [4.69, 9.17) is 9.47 Å². The Morgan fingerprint density at radius 1 is 1.17 bits per heavy atom. The average Bonchev–Trinajstić information content (AvgIpc) is 3.30. The van der Waals surface area contributed by atoms with Gasteiger partial charge < -0.3 is 14.8 Å². The summed E-state index contributed by atoms with van der Waals surface area (Å²) in [5.41, 5.74) is 2.94. The van der Waals surface area contributed by atoms with Gasteiger partial charge in [-0.25, -0.2) is 9.59 Å². The number of nitrogens with one attached hydrogen (secondary N) is 1. The first-order chi connectivity index (χ1) is 11.7. The summed E-state index contributed by atoms with van der Waals surface area (Å²) in [7, 11) is 0. The summed E-state index contributed by atoms with van der Waals surface area (Å²) in [6.07, 6.45) is 1.22. The lowest BCUT2D eigenvalue weighted by molar-refractivity contribution is 0.0535. The van der Waals surface area contributed by atoms with Crippen LogP contribution in [0, 0.1) is 0 Å². The number of cyclic esters (lactones) is 1. The minimum absolute atomic E-state index is 0.235. The van der Waals surface area contributed by atoms with Gasteiger partial charge in [-0.2, -0.15) is 0 Å². The van der Waals surface area contributed by atoms with Gasteiger partial charge in [0.05, 0.1) is 11.1 Å². The molecule has 0 atom stereocenters. The van der Waals surface area contributed by atoms with Crippen molar-refractivity contribution in [2.45, 2.75) is 31.6 Å². The SMILES string of the molecule is O=C(NC1(c2ccc3c(c2)C(=O)OC3)CC1)OCc1ccccc1. The molecule has 5 nitrogen and oxygen atoms in total. The molecule has 1 fully saturated rings. The highest BCUT2D eigenvalue weighted by molar-refractivity contribution is 5.93. The molecule has 1 aliphatic heterocycles. The minimum atomic E-state index is -0.445. The molecule has 2 aliphatic rings.